The van der Waals surface area contributed by atoms with Crippen molar-refractivity contribution in [2.24, 2.45) is 5.73 Å². The first-order valence-corrected chi connectivity index (χ1v) is 6.44. The van der Waals surface area contributed by atoms with Crippen LogP contribution in [0.25, 0.3) is 0 Å². The van der Waals surface area contributed by atoms with Gasteiger partial charge in [0.2, 0.25) is 5.91 Å². The van der Waals surface area contributed by atoms with Crippen molar-refractivity contribution in [2.75, 3.05) is 23.3 Å². The monoisotopic (exact) mass is 280 g/mol. The van der Waals surface area contributed by atoms with Gasteiger partial charge in [0.25, 0.3) is 0 Å². The number of para-hydroxylation sites is 1. The zero-order chi connectivity index (χ0) is 15.3. The average molecular weight is 280 g/mol. The lowest BCUT2D eigenvalue weighted by atomic mass is 10.1. The molecule has 110 valence electrons. The number of hydrogen-bond acceptors (Lipinski definition) is 5. The second-order valence-electron chi connectivity index (χ2n) is 4.65. The van der Waals surface area contributed by atoms with Crippen molar-refractivity contribution < 1.29 is 9.72 Å². The molecule has 20 heavy (non-hydrogen) atoms. The fourth-order valence-electron chi connectivity index (χ4n) is 2.00. The molecule has 0 saturated heterocycles. The molecule has 0 aliphatic heterocycles. The highest BCUT2D eigenvalue weighted by Gasteiger charge is 2.25. The highest BCUT2D eigenvalue weighted by molar-refractivity contribution is 5.84. The second kappa shape index (κ2) is 6.74. The Labute approximate surface area is 117 Å². The lowest BCUT2D eigenvalue weighted by molar-refractivity contribution is -0.383. The number of carbonyl (C=O) groups excluding carboxylic acids is 1. The van der Waals surface area contributed by atoms with Gasteiger partial charge in [0.05, 0.1) is 11.5 Å². The van der Waals surface area contributed by atoms with E-state index in [4.69, 9.17) is 5.73 Å². The maximum Gasteiger partial charge on any atom is 0.315 e. The molecule has 3 N–H and O–H groups in total. The van der Waals surface area contributed by atoms with E-state index in [1.54, 1.807) is 23.1 Å². The molecule has 0 heterocycles. The fraction of sp³-hybridized carbons (Fsp3) is 0.462. The number of amides is 1. The highest BCUT2D eigenvalue weighted by atomic mass is 16.6. The molecule has 1 amide bonds. The number of hydrogen-bond donors (Lipinski definition) is 2. The number of rotatable bonds is 7. The minimum absolute atomic E-state index is 0.0377. The van der Waals surface area contributed by atoms with Gasteiger partial charge in [-0.3, -0.25) is 14.9 Å². The smallest absolute Gasteiger partial charge is 0.315 e. The average Bonchev–Trinajstić information content (AvgIpc) is 2.35. The largest absolute Gasteiger partial charge is 0.380 e. The summed E-state index contributed by atoms with van der Waals surface area (Å²) in [6, 6.07) is 4.91. The van der Waals surface area contributed by atoms with E-state index in [0.717, 1.165) is 0 Å². The number of anilines is 2. The van der Waals surface area contributed by atoms with Crippen LogP contribution in [0, 0.1) is 10.1 Å². The highest BCUT2D eigenvalue weighted by Crippen LogP contribution is 2.36. The Morgan fingerprint density at radius 1 is 1.50 bits per heavy atom. The van der Waals surface area contributed by atoms with E-state index in [1.165, 1.54) is 0 Å². The molecule has 1 aromatic carbocycles. The molecule has 0 aromatic heterocycles. The minimum atomic E-state index is -0.526. The van der Waals surface area contributed by atoms with E-state index >= 15 is 0 Å². The second-order valence-corrected chi connectivity index (χ2v) is 4.65. The SMILES string of the molecule is CCNc1cccc(N(CC(N)=O)C(C)C)c1[N+](=O)[O-]. The van der Waals surface area contributed by atoms with Crippen LogP contribution in [-0.4, -0.2) is 30.0 Å². The summed E-state index contributed by atoms with van der Waals surface area (Å²) in [6.07, 6.45) is 0. The molecule has 0 aliphatic rings. The van der Waals surface area contributed by atoms with Crippen LogP contribution in [0.4, 0.5) is 17.1 Å². The zero-order valence-electron chi connectivity index (χ0n) is 11.9. The van der Waals surface area contributed by atoms with Gasteiger partial charge in [-0.1, -0.05) is 6.07 Å². The summed E-state index contributed by atoms with van der Waals surface area (Å²) in [4.78, 5) is 23.7. The van der Waals surface area contributed by atoms with Crippen molar-refractivity contribution in [3.63, 3.8) is 0 Å². The summed E-state index contributed by atoms with van der Waals surface area (Å²) in [7, 11) is 0. The molecule has 0 saturated carbocycles. The number of nitrogens with two attached hydrogens (primary N) is 1. The van der Waals surface area contributed by atoms with Gasteiger partial charge >= 0.3 is 5.69 Å². The van der Waals surface area contributed by atoms with Crippen molar-refractivity contribution in [1.82, 2.24) is 0 Å². The molecule has 0 fully saturated rings. The molecular formula is C13H20N4O3. The number of nitro benzene ring substituents is 1. The number of carbonyl (C=O) groups is 1. The predicted molar refractivity (Wildman–Crippen MR) is 78.9 cm³/mol. The molecular weight excluding hydrogens is 260 g/mol. The van der Waals surface area contributed by atoms with Crippen LogP contribution in [0.2, 0.25) is 0 Å². The van der Waals surface area contributed by atoms with E-state index in [9.17, 15) is 14.9 Å². The fourth-order valence-corrected chi connectivity index (χ4v) is 2.00. The summed E-state index contributed by atoms with van der Waals surface area (Å²) in [5.74, 6) is -0.526. The molecule has 0 spiro atoms. The van der Waals surface area contributed by atoms with Gasteiger partial charge in [-0.25, -0.2) is 0 Å². The van der Waals surface area contributed by atoms with Crippen LogP contribution in [0.15, 0.2) is 18.2 Å². The van der Waals surface area contributed by atoms with Gasteiger partial charge < -0.3 is 16.0 Å². The summed E-state index contributed by atoms with van der Waals surface area (Å²) in [6.45, 7) is 6.08. The number of nitrogens with zero attached hydrogens (tertiary/aromatic N) is 2. The first-order chi connectivity index (χ1) is 9.38. The molecule has 0 aliphatic carbocycles. The van der Waals surface area contributed by atoms with Gasteiger partial charge in [0.1, 0.15) is 11.4 Å². The maximum absolute atomic E-state index is 11.4. The molecule has 0 atom stereocenters. The van der Waals surface area contributed by atoms with E-state index in [0.29, 0.717) is 17.9 Å². The van der Waals surface area contributed by atoms with Crippen molar-refractivity contribution >= 4 is 23.0 Å². The van der Waals surface area contributed by atoms with Crippen molar-refractivity contribution in [3.8, 4) is 0 Å². The van der Waals surface area contributed by atoms with E-state index in [1.807, 2.05) is 20.8 Å². The quantitative estimate of drug-likeness (QED) is 0.585. The number of benzene rings is 1. The lowest BCUT2D eigenvalue weighted by Gasteiger charge is -2.27. The Hall–Kier alpha value is -2.31. The molecule has 1 rings (SSSR count). The maximum atomic E-state index is 11.4. The normalized spacial score (nSPS) is 10.4. The Kier molecular flexibility index (Phi) is 5.31. The first kappa shape index (κ1) is 15.7. The molecule has 0 unspecified atom stereocenters. The van der Waals surface area contributed by atoms with Crippen LogP contribution in [0.5, 0.6) is 0 Å². The Morgan fingerprint density at radius 2 is 2.15 bits per heavy atom. The standard InChI is InChI=1S/C13H20N4O3/c1-4-15-10-6-5-7-11(13(10)17(19)20)16(9(2)3)8-12(14)18/h5-7,9,15H,4,8H2,1-3H3,(H2,14,18). The van der Waals surface area contributed by atoms with Crippen LogP contribution in [0.3, 0.4) is 0 Å². The van der Waals surface area contributed by atoms with E-state index in [2.05, 4.69) is 5.32 Å². The van der Waals surface area contributed by atoms with Gasteiger partial charge in [-0.15, -0.1) is 0 Å². The van der Waals surface area contributed by atoms with E-state index < -0.39 is 10.8 Å². The Bertz CT molecular complexity index is 502. The van der Waals surface area contributed by atoms with Crippen molar-refractivity contribution in [1.29, 1.82) is 0 Å². The zero-order valence-corrected chi connectivity index (χ0v) is 11.9. The number of nitro groups is 1. The molecule has 7 nitrogen and oxygen atoms in total. The Morgan fingerprint density at radius 3 is 2.60 bits per heavy atom. The summed E-state index contributed by atoms with van der Waals surface area (Å²) < 4.78 is 0. The molecule has 0 radical (unpaired) electrons. The van der Waals surface area contributed by atoms with Gasteiger partial charge in [0, 0.05) is 12.6 Å². The summed E-state index contributed by atoms with van der Waals surface area (Å²) >= 11 is 0. The van der Waals surface area contributed by atoms with Crippen LogP contribution < -0.4 is 16.0 Å². The van der Waals surface area contributed by atoms with E-state index in [-0.39, 0.29) is 18.3 Å². The Balaban J connectivity index is 3.36. The molecule has 7 heteroatoms. The third-order valence-electron chi connectivity index (χ3n) is 2.82. The third kappa shape index (κ3) is 3.59. The van der Waals surface area contributed by atoms with Crippen LogP contribution in [0.1, 0.15) is 20.8 Å². The van der Waals surface area contributed by atoms with Gasteiger partial charge in [-0.05, 0) is 32.9 Å². The van der Waals surface area contributed by atoms with Crippen molar-refractivity contribution in [3.05, 3.63) is 28.3 Å². The lowest BCUT2D eigenvalue weighted by Crippen LogP contribution is -2.39. The number of primary amides is 1. The number of nitrogens with one attached hydrogen (secondary N) is 1. The molecule has 0 bridgehead atoms. The van der Waals surface area contributed by atoms with Crippen LogP contribution in [-0.2, 0) is 4.79 Å². The summed E-state index contributed by atoms with van der Waals surface area (Å²) in [5.41, 5.74) is 6.01. The first-order valence-electron chi connectivity index (χ1n) is 6.44. The van der Waals surface area contributed by atoms with Gasteiger partial charge in [0.15, 0.2) is 0 Å². The summed E-state index contributed by atoms with van der Waals surface area (Å²) in [5, 5.41) is 14.3. The predicted octanol–water partition coefficient (Wildman–Crippen LogP) is 1.73. The molecule has 1 aromatic rings. The third-order valence-corrected chi connectivity index (χ3v) is 2.82. The van der Waals surface area contributed by atoms with Gasteiger partial charge in [-0.2, -0.15) is 0 Å². The van der Waals surface area contributed by atoms with Crippen molar-refractivity contribution in [2.45, 2.75) is 26.8 Å². The van der Waals surface area contributed by atoms with Crippen LogP contribution >= 0.6 is 0 Å². The minimum Gasteiger partial charge on any atom is -0.380 e. The topological polar surface area (TPSA) is 102 Å².